The minimum absolute atomic E-state index is 0.0418. The lowest BCUT2D eigenvalue weighted by molar-refractivity contribution is -0.117. The highest BCUT2D eigenvalue weighted by Crippen LogP contribution is 2.32. The summed E-state index contributed by atoms with van der Waals surface area (Å²) in [5.74, 6) is 3.39. The number of amides is 1. The van der Waals surface area contributed by atoms with E-state index in [9.17, 15) is 4.79 Å². The molecule has 1 aromatic carbocycles. The minimum Gasteiger partial charge on any atom is -0.486 e. The lowest BCUT2D eigenvalue weighted by Gasteiger charge is -2.37. The quantitative estimate of drug-likeness (QED) is 0.771. The van der Waals surface area contributed by atoms with Crippen molar-refractivity contribution in [1.82, 2.24) is 13.6 Å². The van der Waals surface area contributed by atoms with Crippen LogP contribution >= 0.6 is 11.7 Å². The van der Waals surface area contributed by atoms with Gasteiger partial charge in [0.15, 0.2) is 23.1 Å². The number of hydrogen-bond donors (Lipinski definition) is 0. The Morgan fingerprint density at radius 2 is 1.82 bits per heavy atom. The number of carbonyl (C=O) groups is 1. The lowest BCUT2D eigenvalue weighted by atomic mass is 10.2. The van der Waals surface area contributed by atoms with Crippen LogP contribution < -0.4 is 19.3 Å². The van der Waals surface area contributed by atoms with E-state index >= 15 is 0 Å². The molecule has 0 bridgehead atoms. The Morgan fingerprint density at radius 1 is 1.04 bits per heavy atom. The number of carbonyl (C=O) groups excluding carboxylic acids is 1. The molecule has 2 saturated heterocycles. The highest BCUT2D eigenvalue weighted by Gasteiger charge is 2.31. The summed E-state index contributed by atoms with van der Waals surface area (Å²) in [5, 5.41) is 0. The van der Waals surface area contributed by atoms with E-state index in [1.54, 1.807) is 4.90 Å². The molecule has 0 aliphatic carbocycles. The van der Waals surface area contributed by atoms with Gasteiger partial charge < -0.3 is 14.4 Å². The second-order valence-electron chi connectivity index (χ2n) is 7.35. The maximum atomic E-state index is 12.1. The number of rotatable bonds is 4. The SMILES string of the molecule is O=C1CCCN1c1nsnc1N1CCN(CC2COc3ccccc3O2)CC1. The summed E-state index contributed by atoms with van der Waals surface area (Å²) < 4.78 is 20.8. The van der Waals surface area contributed by atoms with E-state index in [4.69, 9.17) is 9.47 Å². The number of anilines is 2. The third kappa shape index (κ3) is 3.40. The van der Waals surface area contributed by atoms with Crippen molar-refractivity contribution in [2.24, 2.45) is 0 Å². The molecule has 2 aromatic rings. The van der Waals surface area contributed by atoms with E-state index in [1.807, 2.05) is 24.3 Å². The van der Waals surface area contributed by atoms with Gasteiger partial charge >= 0.3 is 0 Å². The number of aromatic nitrogens is 2. The Balaban J connectivity index is 1.18. The van der Waals surface area contributed by atoms with Crippen molar-refractivity contribution in [3.8, 4) is 11.5 Å². The first kappa shape index (κ1) is 17.7. The first-order chi connectivity index (χ1) is 13.8. The number of fused-ring (bicyclic) bond motifs is 1. The highest BCUT2D eigenvalue weighted by molar-refractivity contribution is 6.99. The van der Waals surface area contributed by atoms with Crippen LogP contribution in [0, 0.1) is 0 Å². The standard InChI is InChI=1S/C19H23N5O3S/c25-17-6-3-7-24(17)19-18(20-28-21-19)23-10-8-22(9-11-23)12-14-13-26-15-4-1-2-5-16(15)27-14/h1-2,4-5,14H,3,6-13H2. The van der Waals surface area contributed by atoms with E-state index in [0.29, 0.717) is 13.0 Å². The van der Waals surface area contributed by atoms with Gasteiger partial charge in [-0.05, 0) is 18.6 Å². The summed E-state index contributed by atoms with van der Waals surface area (Å²) in [6, 6.07) is 7.82. The van der Waals surface area contributed by atoms with Gasteiger partial charge in [0.2, 0.25) is 5.91 Å². The molecule has 1 amide bonds. The van der Waals surface area contributed by atoms with Gasteiger partial charge in [0, 0.05) is 45.7 Å². The van der Waals surface area contributed by atoms with E-state index in [1.165, 1.54) is 11.7 Å². The van der Waals surface area contributed by atoms with E-state index in [-0.39, 0.29) is 12.0 Å². The van der Waals surface area contributed by atoms with Gasteiger partial charge in [0.25, 0.3) is 0 Å². The van der Waals surface area contributed by atoms with Crippen molar-refractivity contribution < 1.29 is 14.3 Å². The summed E-state index contributed by atoms with van der Waals surface area (Å²) >= 11 is 1.19. The maximum Gasteiger partial charge on any atom is 0.228 e. The largest absolute Gasteiger partial charge is 0.486 e. The fraction of sp³-hybridized carbons (Fsp3) is 0.526. The van der Waals surface area contributed by atoms with E-state index in [0.717, 1.165) is 68.8 Å². The molecule has 5 rings (SSSR count). The molecule has 8 nitrogen and oxygen atoms in total. The van der Waals surface area contributed by atoms with Crippen molar-refractivity contribution in [2.75, 3.05) is 55.7 Å². The average molecular weight is 401 g/mol. The fourth-order valence-corrected chi connectivity index (χ4v) is 4.58. The second-order valence-corrected chi connectivity index (χ2v) is 7.87. The summed E-state index contributed by atoms with van der Waals surface area (Å²) in [4.78, 5) is 18.5. The predicted molar refractivity (Wildman–Crippen MR) is 107 cm³/mol. The van der Waals surface area contributed by atoms with Crippen LogP contribution in [0.15, 0.2) is 24.3 Å². The Labute approximate surface area is 168 Å². The molecule has 0 spiro atoms. The van der Waals surface area contributed by atoms with Crippen LogP contribution in [0.2, 0.25) is 0 Å². The monoisotopic (exact) mass is 401 g/mol. The predicted octanol–water partition coefficient (Wildman–Crippen LogP) is 1.63. The van der Waals surface area contributed by atoms with Gasteiger partial charge in [-0.1, -0.05) is 12.1 Å². The Kier molecular flexibility index (Phi) is 4.77. The molecule has 2 fully saturated rings. The summed E-state index contributed by atoms with van der Waals surface area (Å²) in [7, 11) is 0. The van der Waals surface area contributed by atoms with E-state index < -0.39 is 0 Å². The molecular weight excluding hydrogens is 378 g/mol. The molecule has 0 radical (unpaired) electrons. The van der Waals surface area contributed by atoms with Gasteiger partial charge in [-0.2, -0.15) is 8.75 Å². The summed E-state index contributed by atoms with van der Waals surface area (Å²) in [6.45, 7) is 5.75. The smallest absolute Gasteiger partial charge is 0.228 e. The lowest BCUT2D eigenvalue weighted by Crippen LogP contribution is -2.51. The normalized spacial score (nSPS) is 22.7. The minimum atomic E-state index is 0.0418. The van der Waals surface area contributed by atoms with Crippen molar-refractivity contribution in [1.29, 1.82) is 0 Å². The van der Waals surface area contributed by atoms with Gasteiger partial charge in [-0.3, -0.25) is 14.6 Å². The topological polar surface area (TPSA) is 71.0 Å². The third-order valence-electron chi connectivity index (χ3n) is 5.48. The van der Waals surface area contributed by atoms with Gasteiger partial charge in [-0.15, -0.1) is 0 Å². The Bertz CT molecular complexity index is 852. The van der Waals surface area contributed by atoms with Crippen LogP contribution in [0.25, 0.3) is 0 Å². The summed E-state index contributed by atoms with van der Waals surface area (Å²) in [5.41, 5.74) is 0. The van der Waals surface area contributed by atoms with Crippen molar-refractivity contribution in [3.63, 3.8) is 0 Å². The number of nitrogens with zero attached hydrogens (tertiary/aromatic N) is 5. The average Bonchev–Trinajstić information content (AvgIpc) is 3.37. The zero-order valence-corrected chi connectivity index (χ0v) is 16.4. The molecule has 4 heterocycles. The molecule has 1 aromatic heterocycles. The van der Waals surface area contributed by atoms with Crippen LogP contribution in [-0.4, -0.2) is 71.5 Å². The van der Waals surface area contributed by atoms with Crippen LogP contribution in [0.4, 0.5) is 11.6 Å². The highest BCUT2D eigenvalue weighted by atomic mass is 32.1. The number of piperazine rings is 1. The van der Waals surface area contributed by atoms with Crippen molar-refractivity contribution in [2.45, 2.75) is 18.9 Å². The molecule has 0 N–H and O–H groups in total. The number of hydrogen-bond acceptors (Lipinski definition) is 8. The molecule has 3 aliphatic rings. The van der Waals surface area contributed by atoms with Crippen LogP contribution in [0.3, 0.4) is 0 Å². The zero-order chi connectivity index (χ0) is 18.9. The van der Waals surface area contributed by atoms with Gasteiger partial charge in [-0.25, -0.2) is 0 Å². The fourth-order valence-electron chi connectivity index (χ4n) is 4.00. The molecule has 148 valence electrons. The maximum absolute atomic E-state index is 12.1. The first-order valence-electron chi connectivity index (χ1n) is 9.76. The van der Waals surface area contributed by atoms with Crippen molar-refractivity contribution in [3.05, 3.63) is 24.3 Å². The van der Waals surface area contributed by atoms with E-state index in [2.05, 4.69) is 18.5 Å². The van der Waals surface area contributed by atoms with Crippen molar-refractivity contribution >= 4 is 29.3 Å². The molecular formula is C19H23N5O3S. The Hall–Kier alpha value is -2.39. The Morgan fingerprint density at radius 3 is 2.61 bits per heavy atom. The van der Waals surface area contributed by atoms with Gasteiger partial charge in [0.1, 0.15) is 12.7 Å². The second kappa shape index (κ2) is 7.56. The molecule has 3 aliphatic heterocycles. The molecule has 28 heavy (non-hydrogen) atoms. The number of ether oxygens (including phenoxy) is 2. The molecule has 1 atom stereocenters. The number of para-hydroxylation sites is 2. The summed E-state index contributed by atoms with van der Waals surface area (Å²) in [6.07, 6.45) is 1.55. The molecule has 0 saturated carbocycles. The first-order valence-corrected chi connectivity index (χ1v) is 10.5. The van der Waals surface area contributed by atoms with Gasteiger partial charge in [0.05, 0.1) is 11.7 Å². The van der Waals surface area contributed by atoms with Crippen LogP contribution in [-0.2, 0) is 4.79 Å². The number of benzene rings is 1. The van der Waals surface area contributed by atoms with Crippen LogP contribution in [0.5, 0.6) is 11.5 Å². The molecule has 9 heteroatoms. The zero-order valence-electron chi connectivity index (χ0n) is 15.6. The molecule has 1 unspecified atom stereocenters. The third-order valence-corrected chi connectivity index (χ3v) is 5.99. The van der Waals surface area contributed by atoms with Crippen LogP contribution in [0.1, 0.15) is 12.8 Å².